The largest absolute Gasteiger partial charge is 0.507 e. The fourth-order valence-corrected chi connectivity index (χ4v) is 4.98. The lowest BCUT2D eigenvalue weighted by molar-refractivity contribution is 0.478. The van der Waals surface area contributed by atoms with Gasteiger partial charge in [0.05, 0.1) is 11.4 Å². The minimum Gasteiger partial charge on any atom is -0.507 e. The smallest absolute Gasteiger partial charge is 0.266 e. The number of phenolic OH excluding ortho intramolecular Hbond substituents is 1. The number of aromatic amines is 1. The quantitative estimate of drug-likeness (QED) is 0.454. The summed E-state index contributed by atoms with van der Waals surface area (Å²) in [6, 6.07) is 11.4. The van der Waals surface area contributed by atoms with Crippen LogP contribution in [0.3, 0.4) is 0 Å². The molecule has 0 saturated heterocycles. The van der Waals surface area contributed by atoms with Crippen LogP contribution in [0.25, 0.3) is 37.7 Å². The monoisotopic (exact) mass is 382 g/mol. The molecule has 0 spiro atoms. The van der Waals surface area contributed by atoms with Crippen molar-refractivity contribution in [2.45, 2.75) is 6.42 Å². The first-order chi connectivity index (χ1) is 13.7. The topological polar surface area (TPSA) is 65.5 Å². The first kappa shape index (κ1) is 15.6. The maximum Gasteiger partial charge on any atom is 0.266 e. The number of nitrogens with one attached hydrogen (secondary N) is 1. The molecule has 6 rings (SSSR count). The normalized spacial score (nSPS) is 14.9. The van der Waals surface area contributed by atoms with Gasteiger partial charge in [-0.25, -0.2) is 0 Å². The van der Waals surface area contributed by atoms with Gasteiger partial charge in [0.1, 0.15) is 10.4 Å². The Hall–Kier alpha value is -3.44. The second kappa shape index (κ2) is 5.53. The van der Waals surface area contributed by atoms with Crippen molar-refractivity contribution in [3.8, 4) is 16.9 Å². The Morgan fingerprint density at radius 2 is 2.07 bits per heavy atom. The molecule has 28 heavy (non-hydrogen) atoms. The van der Waals surface area contributed by atoms with Crippen molar-refractivity contribution in [1.82, 2.24) is 4.98 Å². The van der Waals surface area contributed by atoms with Crippen molar-refractivity contribution in [3.63, 3.8) is 0 Å². The van der Waals surface area contributed by atoms with Gasteiger partial charge >= 0.3 is 0 Å². The van der Waals surface area contributed by atoms with Gasteiger partial charge in [-0.2, -0.15) is 0 Å². The standard InChI is InChI=1S/C23H14N2O2S/c26-19-8-7-18-21(14-9-10-28-22(14)23(27)25-18)20(19)12-5-6-17-15(11-12)13-3-1-2-4-16(13)24-17/h1-3,5-11,26H,4H2,(H,25,27). The summed E-state index contributed by atoms with van der Waals surface area (Å²) in [6.45, 7) is 0. The summed E-state index contributed by atoms with van der Waals surface area (Å²) >= 11 is 1.41. The van der Waals surface area contributed by atoms with Crippen molar-refractivity contribution in [2.75, 3.05) is 0 Å². The molecule has 0 fully saturated rings. The lowest BCUT2D eigenvalue weighted by atomic mass is 9.92. The van der Waals surface area contributed by atoms with Gasteiger partial charge in [-0.1, -0.05) is 24.3 Å². The van der Waals surface area contributed by atoms with Crippen molar-refractivity contribution >= 4 is 49.3 Å². The summed E-state index contributed by atoms with van der Waals surface area (Å²) in [5, 5.41) is 14.4. The van der Waals surface area contributed by atoms with Crippen LogP contribution in [0, 0.1) is 0 Å². The molecule has 0 atom stereocenters. The number of H-pyrrole nitrogens is 1. The molecule has 2 aromatic heterocycles. The van der Waals surface area contributed by atoms with Crippen LogP contribution in [-0.4, -0.2) is 15.8 Å². The van der Waals surface area contributed by atoms with Crippen LogP contribution in [0.15, 0.2) is 69.8 Å². The third kappa shape index (κ3) is 2.05. The Morgan fingerprint density at radius 1 is 1.14 bits per heavy atom. The van der Waals surface area contributed by atoms with Crippen molar-refractivity contribution in [1.29, 1.82) is 0 Å². The molecule has 0 amide bonds. The molecule has 2 aliphatic rings. The number of aliphatic imine (C=N–C) groups is 1. The summed E-state index contributed by atoms with van der Waals surface area (Å²) in [6.07, 6.45) is 7.10. The molecule has 134 valence electrons. The van der Waals surface area contributed by atoms with Crippen LogP contribution in [0.4, 0.5) is 5.69 Å². The molecule has 4 aromatic rings. The van der Waals surface area contributed by atoms with Gasteiger partial charge in [0.25, 0.3) is 5.56 Å². The van der Waals surface area contributed by atoms with Gasteiger partial charge in [0.2, 0.25) is 0 Å². The van der Waals surface area contributed by atoms with E-state index < -0.39 is 0 Å². The minimum absolute atomic E-state index is 0.0970. The summed E-state index contributed by atoms with van der Waals surface area (Å²) in [5.41, 5.74) is 6.55. The third-order valence-electron chi connectivity index (χ3n) is 5.42. The number of fused-ring (bicyclic) bond motifs is 6. The molecule has 2 aromatic carbocycles. The van der Waals surface area contributed by atoms with Gasteiger partial charge in [-0.15, -0.1) is 11.3 Å². The van der Waals surface area contributed by atoms with Crippen LogP contribution in [0.1, 0.15) is 12.0 Å². The number of phenols is 1. The van der Waals surface area contributed by atoms with E-state index in [2.05, 4.69) is 29.3 Å². The molecule has 5 heteroatoms. The predicted molar refractivity (Wildman–Crippen MR) is 116 cm³/mol. The van der Waals surface area contributed by atoms with Crippen molar-refractivity contribution < 1.29 is 5.11 Å². The second-order valence-corrected chi connectivity index (χ2v) is 7.92. The lowest BCUT2D eigenvalue weighted by Crippen LogP contribution is -2.04. The molecule has 1 aliphatic heterocycles. The van der Waals surface area contributed by atoms with E-state index in [0.29, 0.717) is 4.70 Å². The second-order valence-electron chi connectivity index (χ2n) is 7.00. The number of allylic oxidation sites excluding steroid dienone is 4. The fourth-order valence-electron chi connectivity index (χ4n) is 4.18. The number of nitrogens with zero attached hydrogens (tertiary/aromatic N) is 1. The minimum atomic E-state index is -0.0970. The third-order valence-corrected chi connectivity index (χ3v) is 6.34. The van der Waals surface area contributed by atoms with E-state index in [1.54, 1.807) is 12.1 Å². The van der Waals surface area contributed by atoms with Gasteiger partial charge in [0.15, 0.2) is 0 Å². The molecule has 4 nitrogen and oxygen atoms in total. The van der Waals surface area contributed by atoms with E-state index in [0.717, 1.165) is 56.4 Å². The highest BCUT2D eigenvalue weighted by atomic mass is 32.1. The zero-order valence-corrected chi connectivity index (χ0v) is 15.5. The maximum atomic E-state index is 12.4. The molecule has 0 radical (unpaired) electrons. The van der Waals surface area contributed by atoms with Crippen molar-refractivity contribution in [3.05, 3.63) is 75.9 Å². The molecule has 0 bridgehead atoms. The Balaban J connectivity index is 1.68. The zero-order chi connectivity index (χ0) is 18.8. The van der Waals surface area contributed by atoms with Crippen LogP contribution in [-0.2, 0) is 0 Å². The number of rotatable bonds is 1. The Bertz CT molecular complexity index is 1470. The fraction of sp³-hybridized carbons (Fsp3) is 0.0435. The Morgan fingerprint density at radius 3 is 3.00 bits per heavy atom. The molecular weight excluding hydrogens is 368 g/mol. The van der Waals surface area contributed by atoms with Gasteiger partial charge in [0, 0.05) is 39.4 Å². The zero-order valence-electron chi connectivity index (χ0n) is 14.7. The van der Waals surface area contributed by atoms with Crippen LogP contribution >= 0.6 is 11.3 Å². The highest BCUT2D eigenvalue weighted by Crippen LogP contribution is 2.44. The summed E-state index contributed by atoms with van der Waals surface area (Å²) in [7, 11) is 0. The first-order valence-electron chi connectivity index (χ1n) is 9.05. The van der Waals surface area contributed by atoms with E-state index in [4.69, 9.17) is 4.99 Å². The first-order valence-corrected chi connectivity index (χ1v) is 9.93. The Labute approximate surface area is 163 Å². The number of pyridine rings is 1. The highest BCUT2D eigenvalue weighted by Gasteiger charge is 2.23. The SMILES string of the molecule is O=c1[nH]c2ccc(O)c(-c3ccc4c(c3)C3=CC=CCC3=N4)c2c2ccsc12. The predicted octanol–water partition coefficient (Wildman–Crippen LogP) is 5.54. The van der Waals surface area contributed by atoms with E-state index in [1.807, 2.05) is 23.6 Å². The number of aromatic hydroxyl groups is 1. The van der Waals surface area contributed by atoms with Crippen LogP contribution in [0.5, 0.6) is 5.75 Å². The molecule has 2 N–H and O–H groups in total. The Kier molecular flexibility index (Phi) is 3.08. The number of thiophene rings is 1. The highest BCUT2D eigenvalue weighted by molar-refractivity contribution is 7.17. The summed E-state index contributed by atoms with van der Waals surface area (Å²) < 4.78 is 0.672. The maximum absolute atomic E-state index is 12.4. The van der Waals surface area contributed by atoms with Gasteiger partial charge < -0.3 is 10.1 Å². The average Bonchev–Trinajstić information content (AvgIpc) is 3.33. The van der Waals surface area contributed by atoms with Crippen molar-refractivity contribution in [2.24, 2.45) is 4.99 Å². The van der Waals surface area contributed by atoms with Crippen LogP contribution in [0.2, 0.25) is 0 Å². The molecule has 3 heterocycles. The lowest BCUT2D eigenvalue weighted by Gasteiger charge is -2.12. The molecule has 0 saturated carbocycles. The number of aromatic nitrogens is 1. The van der Waals surface area contributed by atoms with E-state index >= 15 is 0 Å². The number of hydrogen-bond donors (Lipinski definition) is 2. The van der Waals surface area contributed by atoms with Gasteiger partial charge in [-0.05, 0) is 41.3 Å². The van der Waals surface area contributed by atoms with Gasteiger partial charge in [-0.3, -0.25) is 9.79 Å². The van der Waals surface area contributed by atoms with E-state index in [-0.39, 0.29) is 11.3 Å². The van der Waals surface area contributed by atoms with Crippen LogP contribution < -0.4 is 5.56 Å². The number of hydrogen-bond acceptors (Lipinski definition) is 4. The number of benzene rings is 2. The van der Waals surface area contributed by atoms with E-state index in [9.17, 15) is 9.90 Å². The summed E-state index contributed by atoms with van der Waals surface area (Å²) in [4.78, 5) is 20.1. The molecule has 0 unspecified atom stereocenters. The summed E-state index contributed by atoms with van der Waals surface area (Å²) in [5.74, 6) is 0.198. The molecule has 1 aliphatic carbocycles. The van der Waals surface area contributed by atoms with E-state index in [1.165, 1.54) is 11.3 Å². The average molecular weight is 382 g/mol. The molecular formula is C23H14N2O2S.